The average molecular weight is 348 g/mol. The lowest BCUT2D eigenvalue weighted by Gasteiger charge is -2.19. The van der Waals surface area contributed by atoms with E-state index in [1.807, 2.05) is 0 Å². The predicted octanol–water partition coefficient (Wildman–Crippen LogP) is 2.65. The zero-order chi connectivity index (χ0) is 17.9. The Morgan fingerprint density at radius 1 is 1.17 bits per heavy atom. The molecule has 0 aliphatic rings. The van der Waals surface area contributed by atoms with Crippen LogP contribution in [0.3, 0.4) is 0 Å². The van der Waals surface area contributed by atoms with Crippen molar-refractivity contribution < 1.29 is 17.9 Å². The van der Waals surface area contributed by atoms with Gasteiger partial charge < -0.3 is 10.1 Å². The fourth-order valence-corrected chi connectivity index (χ4v) is 2.79. The Morgan fingerprint density at radius 3 is 2.46 bits per heavy atom. The van der Waals surface area contributed by atoms with Gasteiger partial charge in [0.15, 0.2) is 0 Å². The second-order valence-electron chi connectivity index (χ2n) is 5.42. The highest BCUT2D eigenvalue weighted by atomic mass is 32.2. The fraction of sp³-hybridized carbons (Fsp3) is 0.235. The molecule has 0 radical (unpaired) electrons. The monoisotopic (exact) mass is 348 g/mol. The van der Waals surface area contributed by atoms with Crippen LogP contribution < -0.4 is 14.4 Å². The van der Waals surface area contributed by atoms with Gasteiger partial charge in [0.2, 0.25) is 10.0 Å². The van der Waals surface area contributed by atoms with Crippen LogP contribution in [0.4, 0.5) is 11.4 Å². The quantitative estimate of drug-likeness (QED) is 0.901. The number of carbonyl (C=O) groups is 1. The molecule has 0 bridgehead atoms. The Bertz CT molecular complexity index is 863. The van der Waals surface area contributed by atoms with Gasteiger partial charge in [0.25, 0.3) is 5.91 Å². The SMILES string of the molecule is COc1cccc(NC(=O)c2ccc(N(C)S(C)(=O)=O)c(C)c2)c1. The molecule has 0 atom stereocenters. The maximum absolute atomic E-state index is 12.4. The number of sulfonamides is 1. The van der Waals surface area contributed by atoms with Gasteiger partial charge in [0.05, 0.1) is 19.1 Å². The number of hydrogen-bond donors (Lipinski definition) is 1. The van der Waals surface area contributed by atoms with Gasteiger partial charge in [-0.3, -0.25) is 9.10 Å². The molecule has 2 aromatic carbocycles. The van der Waals surface area contributed by atoms with E-state index in [2.05, 4.69) is 5.32 Å². The largest absolute Gasteiger partial charge is 0.497 e. The first-order valence-electron chi connectivity index (χ1n) is 7.22. The van der Waals surface area contributed by atoms with Gasteiger partial charge in [-0.15, -0.1) is 0 Å². The molecular weight excluding hydrogens is 328 g/mol. The lowest BCUT2D eigenvalue weighted by atomic mass is 10.1. The first-order chi connectivity index (χ1) is 11.2. The summed E-state index contributed by atoms with van der Waals surface area (Å²) >= 11 is 0. The van der Waals surface area contributed by atoms with Crippen LogP contribution in [0.25, 0.3) is 0 Å². The van der Waals surface area contributed by atoms with E-state index in [0.717, 1.165) is 6.26 Å². The maximum atomic E-state index is 12.4. The highest BCUT2D eigenvalue weighted by Gasteiger charge is 2.16. The number of hydrogen-bond acceptors (Lipinski definition) is 4. The van der Waals surface area contributed by atoms with Crippen molar-refractivity contribution in [2.75, 3.05) is 30.0 Å². The van der Waals surface area contributed by atoms with E-state index in [9.17, 15) is 13.2 Å². The molecule has 1 amide bonds. The van der Waals surface area contributed by atoms with Crippen LogP contribution in [-0.4, -0.2) is 34.7 Å². The normalized spacial score (nSPS) is 11.0. The van der Waals surface area contributed by atoms with Crippen LogP contribution >= 0.6 is 0 Å². The van der Waals surface area contributed by atoms with E-state index in [1.54, 1.807) is 56.5 Å². The number of nitrogens with one attached hydrogen (secondary N) is 1. The van der Waals surface area contributed by atoms with E-state index >= 15 is 0 Å². The molecule has 6 nitrogen and oxygen atoms in total. The molecule has 0 aromatic heterocycles. The molecule has 1 N–H and O–H groups in total. The topological polar surface area (TPSA) is 75.7 Å². The van der Waals surface area contributed by atoms with Crippen LogP contribution in [-0.2, 0) is 10.0 Å². The second-order valence-corrected chi connectivity index (χ2v) is 7.43. The molecule has 0 saturated carbocycles. The Morgan fingerprint density at radius 2 is 1.88 bits per heavy atom. The summed E-state index contributed by atoms with van der Waals surface area (Å²) in [4.78, 5) is 12.4. The summed E-state index contributed by atoms with van der Waals surface area (Å²) in [5.41, 5.74) is 2.30. The molecule has 0 fully saturated rings. The lowest BCUT2D eigenvalue weighted by molar-refractivity contribution is 0.102. The van der Waals surface area contributed by atoms with Crippen molar-refractivity contribution in [3.05, 3.63) is 53.6 Å². The van der Waals surface area contributed by atoms with Crippen LogP contribution in [0.2, 0.25) is 0 Å². The van der Waals surface area contributed by atoms with E-state index in [0.29, 0.717) is 28.3 Å². The van der Waals surface area contributed by atoms with E-state index in [1.165, 1.54) is 11.4 Å². The van der Waals surface area contributed by atoms with Crippen LogP contribution in [0.5, 0.6) is 5.75 Å². The lowest BCUT2D eigenvalue weighted by Crippen LogP contribution is -2.25. The Kier molecular flexibility index (Phi) is 5.14. The summed E-state index contributed by atoms with van der Waals surface area (Å²) in [5, 5.41) is 2.79. The number of ether oxygens (including phenoxy) is 1. The molecule has 2 rings (SSSR count). The first kappa shape index (κ1) is 17.8. The van der Waals surface area contributed by atoms with Crippen LogP contribution in [0, 0.1) is 6.92 Å². The zero-order valence-electron chi connectivity index (χ0n) is 14.0. The molecule has 2 aromatic rings. The molecule has 0 spiro atoms. The average Bonchev–Trinajstić information content (AvgIpc) is 2.53. The van der Waals surface area contributed by atoms with Gasteiger partial charge in [0, 0.05) is 24.4 Å². The summed E-state index contributed by atoms with van der Waals surface area (Å²) < 4.78 is 29.6. The van der Waals surface area contributed by atoms with Crippen molar-refractivity contribution >= 4 is 27.3 Å². The highest BCUT2D eigenvalue weighted by Crippen LogP contribution is 2.23. The number of benzene rings is 2. The third-order valence-corrected chi connectivity index (χ3v) is 4.81. The van der Waals surface area contributed by atoms with Crippen molar-refractivity contribution in [2.24, 2.45) is 0 Å². The summed E-state index contributed by atoms with van der Waals surface area (Å²) in [6, 6.07) is 11.9. The van der Waals surface area contributed by atoms with Crippen molar-refractivity contribution in [3.63, 3.8) is 0 Å². The highest BCUT2D eigenvalue weighted by molar-refractivity contribution is 7.92. The second kappa shape index (κ2) is 6.92. The fourth-order valence-electron chi connectivity index (χ4n) is 2.23. The van der Waals surface area contributed by atoms with Gasteiger partial charge in [-0.25, -0.2) is 8.42 Å². The van der Waals surface area contributed by atoms with Crippen LogP contribution in [0.1, 0.15) is 15.9 Å². The van der Waals surface area contributed by atoms with Gasteiger partial charge >= 0.3 is 0 Å². The third-order valence-electron chi connectivity index (χ3n) is 3.62. The first-order valence-corrected chi connectivity index (χ1v) is 9.07. The molecule has 24 heavy (non-hydrogen) atoms. The molecule has 0 heterocycles. The van der Waals surface area contributed by atoms with Crippen molar-refractivity contribution in [2.45, 2.75) is 6.92 Å². The standard InChI is InChI=1S/C17H20N2O4S/c1-12-10-13(8-9-16(12)19(2)24(4,21)22)17(20)18-14-6-5-7-15(11-14)23-3/h5-11H,1-4H3,(H,18,20). The number of rotatable bonds is 5. The molecule has 128 valence electrons. The summed E-state index contributed by atoms with van der Waals surface area (Å²) in [6.07, 6.45) is 1.13. The van der Waals surface area contributed by atoms with E-state index in [4.69, 9.17) is 4.74 Å². The summed E-state index contributed by atoms with van der Waals surface area (Å²) in [6.45, 7) is 1.76. The molecular formula is C17H20N2O4S. The number of methoxy groups -OCH3 is 1. The minimum Gasteiger partial charge on any atom is -0.497 e. The molecule has 0 unspecified atom stereocenters. The summed E-state index contributed by atoms with van der Waals surface area (Å²) in [7, 11) is -0.312. The van der Waals surface area contributed by atoms with Gasteiger partial charge in [0.1, 0.15) is 5.75 Å². The van der Waals surface area contributed by atoms with Crippen molar-refractivity contribution in [3.8, 4) is 5.75 Å². The van der Waals surface area contributed by atoms with E-state index < -0.39 is 10.0 Å². The summed E-state index contributed by atoms with van der Waals surface area (Å²) in [5.74, 6) is 0.369. The predicted molar refractivity (Wildman–Crippen MR) is 95.4 cm³/mol. The van der Waals surface area contributed by atoms with Gasteiger partial charge in [-0.1, -0.05) is 6.07 Å². The number of carbonyl (C=O) groups excluding carboxylic acids is 1. The number of amides is 1. The van der Waals surface area contributed by atoms with Crippen molar-refractivity contribution in [1.29, 1.82) is 0 Å². The number of nitrogens with zero attached hydrogens (tertiary/aromatic N) is 1. The van der Waals surface area contributed by atoms with Crippen molar-refractivity contribution in [1.82, 2.24) is 0 Å². The Balaban J connectivity index is 2.23. The smallest absolute Gasteiger partial charge is 0.255 e. The minimum absolute atomic E-state index is 0.278. The zero-order valence-corrected chi connectivity index (χ0v) is 14.8. The maximum Gasteiger partial charge on any atom is 0.255 e. The molecule has 0 aliphatic carbocycles. The van der Waals surface area contributed by atoms with Gasteiger partial charge in [-0.2, -0.15) is 0 Å². The molecule has 0 aliphatic heterocycles. The Hall–Kier alpha value is -2.54. The number of aryl methyl sites for hydroxylation is 1. The Labute approximate surface area is 142 Å². The molecule has 0 saturated heterocycles. The third kappa shape index (κ3) is 4.05. The van der Waals surface area contributed by atoms with Gasteiger partial charge in [-0.05, 0) is 42.8 Å². The van der Waals surface area contributed by atoms with Crippen LogP contribution in [0.15, 0.2) is 42.5 Å². The molecule has 7 heteroatoms. The van der Waals surface area contributed by atoms with E-state index in [-0.39, 0.29) is 5.91 Å². The minimum atomic E-state index is -3.35. The number of anilines is 2.